The van der Waals surface area contributed by atoms with Crippen LogP contribution in [0.3, 0.4) is 0 Å². The first-order valence-electron chi connectivity index (χ1n) is 5.07. The lowest BCUT2D eigenvalue weighted by atomic mass is 9.63. The van der Waals surface area contributed by atoms with Crippen molar-refractivity contribution >= 4 is 0 Å². The van der Waals surface area contributed by atoms with Gasteiger partial charge in [-0.1, -0.05) is 46.8 Å². The van der Waals surface area contributed by atoms with Crippen molar-refractivity contribution in [3.63, 3.8) is 0 Å². The zero-order valence-electron chi connectivity index (χ0n) is 9.57. The maximum absolute atomic E-state index is 2.38. The topological polar surface area (TPSA) is 0 Å². The largest absolute Gasteiger partial charge is 0.0911 e. The molecule has 12 heavy (non-hydrogen) atoms. The third-order valence-corrected chi connectivity index (χ3v) is 3.70. The standard InChI is InChI=1S/C12H24/c1-7-10-11(4,5)12(6,8-2)9-3/h7,10H,8-9H2,1-6H3. The molecule has 0 heteroatoms. The highest BCUT2D eigenvalue weighted by molar-refractivity contribution is 5.01. The van der Waals surface area contributed by atoms with Crippen LogP contribution in [0.4, 0.5) is 0 Å². The molecule has 0 nitrogen and oxygen atoms in total. The van der Waals surface area contributed by atoms with E-state index in [2.05, 4.69) is 53.7 Å². The van der Waals surface area contributed by atoms with Crippen LogP contribution in [0.1, 0.15) is 54.4 Å². The highest BCUT2D eigenvalue weighted by Crippen LogP contribution is 2.45. The van der Waals surface area contributed by atoms with E-state index in [0.29, 0.717) is 10.8 Å². The van der Waals surface area contributed by atoms with Gasteiger partial charge in [-0.3, -0.25) is 0 Å². The Morgan fingerprint density at radius 1 is 1.00 bits per heavy atom. The van der Waals surface area contributed by atoms with Crippen molar-refractivity contribution in [3.05, 3.63) is 12.2 Å². The van der Waals surface area contributed by atoms with E-state index in [-0.39, 0.29) is 0 Å². The fourth-order valence-corrected chi connectivity index (χ4v) is 1.78. The van der Waals surface area contributed by atoms with Crippen LogP contribution in [0, 0.1) is 10.8 Å². The van der Waals surface area contributed by atoms with Gasteiger partial charge >= 0.3 is 0 Å². The number of rotatable bonds is 4. The second-order valence-electron chi connectivity index (χ2n) is 4.49. The minimum atomic E-state index is 0.325. The van der Waals surface area contributed by atoms with Crippen molar-refractivity contribution in [2.75, 3.05) is 0 Å². The molecule has 0 aromatic heterocycles. The summed E-state index contributed by atoms with van der Waals surface area (Å²) >= 11 is 0. The zero-order valence-corrected chi connectivity index (χ0v) is 9.57. The summed E-state index contributed by atoms with van der Waals surface area (Å²) in [6, 6.07) is 0. The molecule has 0 amide bonds. The molecule has 0 heterocycles. The average Bonchev–Trinajstić information content (AvgIpc) is 2.02. The van der Waals surface area contributed by atoms with Gasteiger partial charge in [0.2, 0.25) is 0 Å². The first-order chi connectivity index (χ1) is 5.43. The lowest BCUT2D eigenvalue weighted by molar-refractivity contribution is 0.127. The molecule has 0 aliphatic carbocycles. The van der Waals surface area contributed by atoms with E-state index in [4.69, 9.17) is 0 Å². The van der Waals surface area contributed by atoms with Crippen molar-refractivity contribution in [2.24, 2.45) is 10.8 Å². The van der Waals surface area contributed by atoms with Gasteiger partial charge in [0, 0.05) is 0 Å². The molecule has 0 rings (SSSR count). The number of hydrogen-bond acceptors (Lipinski definition) is 0. The van der Waals surface area contributed by atoms with Gasteiger partial charge in [0.05, 0.1) is 0 Å². The summed E-state index contributed by atoms with van der Waals surface area (Å²) < 4.78 is 0. The Bertz CT molecular complexity index is 147. The van der Waals surface area contributed by atoms with Gasteiger partial charge in [-0.15, -0.1) is 0 Å². The van der Waals surface area contributed by atoms with E-state index in [1.165, 1.54) is 12.8 Å². The molecule has 0 unspecified atom stereocenters. The summed E-state index contributed by atoms with van der Waals surface area (Å²) in [7, 11) is 0. The highest BCUT2D eigenvalue weighted by Gasteiger charge is 2.35. The van der Waals surface area contributed by atoms with Crippen molar-refractivity contribution in [1.82, 2.24) is 0 Å². The van der Waals surface area contributed by atoms with Crippen molar-refractivity contribution in [3.8, 4) is 0 Å². The molecule has 0 radical (unpaired) electrons. The van der Waals surface area contributed by atoms with Gasteiger partial charge < -0.3 is 0 Å². The summed E-state index contributed by atoms with van der Waals surface area (Å²) in [5, 5.41) is 0. The predicted molar refractivity (Wildman–Crippen MR) is 57.3 cm³/mol. The second-order valence-corrected chi connectivity index (χ2v) is 4.49. The van der Waals surface area contributed by atoms with Crippen LogP contribution in [0.5, 0.6) is 0 Å². The quantitative estimate of drug-likeness (QED) is 0.545. The van der Waals surface area contributed by atoms with Gasteiger partial charge in [0.25, 0.3) is 0 Å². The van der Waals surface area contributed by atoms with E-state index in [1.54, 1.807) is 0 Å². The molecule has 0 saturated carbocycles. The first-order valence-corrected chi connectivity index (χ1v) is 5.07. The minimum Gasteiger partial charge on any atom is -0.0911 e. The van der Waals surface area contributed by atoms with Gasteiger partial charge in [-0.2, -0.15) is 0 Å². The Morgan fingerprint density at radius 3 is 1.67 bits per heavy atom. The van der Waals surface area contributed by atoms with Crippen molar-refractivity contribution < 1.29 is 0 Å². The van der Waals surface area contributed by atoms with Gasteiger partial charge in [-0.25, -0.2) is 0 Å². The molecule has 0 aromatic rings. The normalized spacial score (nSPS) is 14.2. The molecular formula is C12H24. The van der Waals surface area contributed by atoms with E-state index >= 15 is 0 Å². The van der Waals surface area contributed by atoms with Crippen LogP contribution in [0.2, 0.25) is 0 Å². The summed E-state index contributed by atoms with van der Waals surface area (Å²) in [6.45, 7) is 13.7. The summed E-state index contributed by atoms with van der Waals surface area (Å²) in [5.74, 6) is 0. The van der Waals surface area contributed by atoms with Crippen LogP contribution in [0.15, 0.2) is 12.2 Å². The number of hydrogen-bond donors (Lipinski definition) is 0. The smallest absolute Gasteiger partial charge is 0.0121 e. The van der Waals surface area contributed by atoms with Gasteiger partial charge in [-0.05, 0) is 30.6 Å². The summed E-state index contributed by atoms with van der Waals surface area (Å²) in [4.78, 5) is 0. The molecule has 0 fully saturated rings. The maximum atomic E-state index is 2.38. The molecule has 0 aromatic carbocycles. The zero-order chi connectivity index (χ0) is 9.83. The Labute approximate surface area is 78.1 Å². The van der Waals surface area contributed by atoms with Crippen LogP contribution < -0.4 is 0 Å². The summed E-state index contributed by atoms with van der Waals surface area (Å²) in [6.07, 6.45) is 7.01. The van der Waals surface area contributed by atoms with Crippen LogP contribution in [-0.4, -0.2) is 0 Å². The molecule has 0 aliphatic heterocycles. The molecule has 0 atom stereocenters. The lowest BCUT2D eigenvalue weighted by Crippen LogP contribution is -2.32. The van der Waals surface area contributed by atoms with Crippen molar-refractivity contribution in [2.45, 2.75) is 54.4 Å². The Kier molecular flexibility index (Phi) is 4.02. The van der Waals surface area contributed by atoms with Crippen LogP contribution >= 0.6 is 0 Å². The third-order valence-electron chi connectivity index (χ3n) is 3.70. The second kappa shape index (κ2) is 4.11. The summed E-state index contributed by atoms with van der Waals surface area (Å²) in [5.41, 5.74) is 0.769. The molecular weight excluding hydrogens is 144 g/mol. The number of allylic oxidation sites excluding steroid dienone is 2. The van der Waals surface area contributed by atoms with E-state index in [1.807, 2.05) is 0 Å². The Balaban J connectivity index is 4.70. The van der Waals surface area contributed by atoms with Crippen molar-refractivity contribution in [1.29, 1.82) is 0 Å². The molecule has 0 spiro atoms. The van der Waals surface area contributed by atoms with Crippen LogP contribution in [0.25, 0.3) is 0 Å². The van der Waals surface area contributed by atoms with E-state index in [9.17, 15) is 0 Å². The first kappa shape index (κ1) is 11.7. The predicted octanol–water partition coefficient (Wildman–Crippen LogP) is 4.42. The highest BCUT2D eigenvalue weighted by atomic mass is 14.4. The third kappa shape index (κ3) is 2.12. The molecule has 0 N–H and O–H groups in total. The fraction of sp³-hybridized carbons (Fsp3) is 0.833. The van der Waals surface area contributed by atoms with Gasteiger partial charge in [0.1, 0.15) is 0 Å². The SMILES string of the molecule is CC=CC(C)(C)C(C)(CC)CC. The van der Waals surface area contributed by atoms with Gasteiger partial charge in [0.15, 0.2) is 0 Å². The Morgan fingerprint density at radius 2 is 1.42 bits per heavy atom. The maximum Gasteiger partial charge on any atom is -0.0121 e. The molecule has 72 valence electrons. The fourth-order valence-electron chi connectivity index (χ4n) is 1.78. The van der Waals surface area contributed by atoms with Crippen LogP contribution in [-0.2, 0) is 0 Å². The lowest BCUT2D eigenvalue weighted by Gasteiger charge is -2.41. The molecule has 0 bridgehead atoms. The minimum absolute atomic E-state index is 0.325. The molecule has 0 aliphatic rings. The Hall–Kier alpha value is -0.260. The molecule has 0 saturated heterocycles. The van der Waals surface area contributed by atoms with E-state index in [0.717, 1.165) is 0 Å². The van der Waals surface area contributed by atoms with E-state index < -0.39 is 0 Å². The average molecular weight is 168 g/mol. The monoisotopic (exact) mass is 168 g/mol.